The summed E-state index contributed by atoms with van der Waals surface area (Å²) in [7, 11) is 0.0760. The van der Waals surface area contributed by atoms with Crippen LogP contribution in [0.1, 0.15) is 64.4 Å². The van der Waals surface area contributed by atoms with Crippen LogP contribution in [0.15, 0.2) is 54.9 Å². The van der Waals surface area contributed by atoms with Crippen molar-refractivity contribution >= 4 is 25.6 Å². The monoisotopic (exact) mass is 549 g/mol. The second-order valence-corrected chi connectivity index (χ2v) is 17.7. The Bertz CT molecular complexity index is 1360. The summed E-state index contributed by atoms with van der Waals surface area (Å²) in [5, 5.41) is 15.0. The summed E-state index contributed by atoms with van der Waals surface area (Å²) in [6.07, 6.45) is 4.70. The van der Waals surface area contributed by atoms with Crippen molar-refractivity contribution in [2.75, 3.05) is 19.0 Å². The minimum atomic E-state index is -1.39. The molecular weight excluding hydrogens is 510 g/mol. The number of benzene rings is 2. The molecule has 0 spiro atoms. The molecule has 1 unspecified atom stereocenters. The van der Waals surface area contributed by atoms with Crippen LogP contribution in [-0.2, 0) is 27.2 Å². The van der Waals surface area contributed by atoms with Crippen LogP contribution < -0.4 is 5.32 Å². The minimum Gasteiger partial charge on any atom is -0.465 e. The van der Waals surface area contributed by atoms with Crippen molar-refractivity contribution in [2.24, 2.45) is 0 Å². The molecule has 3 aromatic rings. The maximum Gasteiger partial charge on any atom is 0.339 e. The van der Waals surface area contributed by atoms with Crippen LogP contribution in [0.4, 0.5) is 5.69 Å². The lowest BCUT2D eigenvalue weighted by atomic mass is 9.66. The maximum atomic E-state index is 13.4. The highest BCUT2D eigenvalue weighted by Crippen LogP contribution is 2.47. The fourth-order valence-corrected chi connectivity index (χ4v) is 5.76. The van der Waals surface area contributed by atoms with Crippen molar-refractivity contribution in [1.82, 2.24) is 9.55 Å². The summed E-state index contributed by atoms with van der Waals surface area (Å²) in [6.45, 7) is 12.2. The number of carbonyl (C=O) groups is 2. The molecule has 2 N–H and O–H groups in total. The van der Waals surface area contributed by atoms with E-state index in [1.54, 1.807) is 42.6 Å². The number of hydrogen-bond acceptors (Lipinski definition) is 6. The number of rotatable bonds is 9. The molecule has 0 radical (unpaired) electrons. The Hall–Kier alpha value is -3.27. The summed E-state index contributed by atoms with van der Waals surface area (Å²) in [5.41, 5.74) is 1.03. The summed E-state index contributed by atoms with van der Waals surface area (Å²) < 4.78 is 12.7. The first-order chi connectivity index (χ1) is 18.4. The van der Waals surface area contributed by atoms with E-state index in [1.807, 2.05) is 16.8 Å². The first-order valence-corrected chi connectivity index (χ1v) is 17.0. The van der Waals surface area contributed by atoms with E-state index in [9.17, 15) is 14.7 Å². The number of ether oxygens (including phenoxy) is 2. The third-order valence-electron chi connectivity index (χ3n) is 7.46. The number of carbonyl (C=O) groups excluding carboxylic acids is 2. The lowest BCUT2D eigenvalue weighted by Gasteiger charge is -2.42. The average Bonchev–Trinajstić information content (AvgIpc) is 3.37. The number of nitrogens with one attached hydrogen (secondary N) is 1. The molecule has 0 fully saturated rings. The van der Waals surface area contributed by atoms with Gasteiger partial charge in [-0.2, -0.15) is 0 Å². The van der Waals surface area contributed by atoms with Gasteiger partial charge in [0.1, 0.15) is 18.2 Å². The number of nitrogens with zero attached hydrogens (tertiary/aromatic N) is 2. The molecule has 9 heteroatoms. The predicted octanol–water partition coefficient (Wildman–Crippen LogP) is 5.54. The van der Waals surface area contributed by atoms with E-state index in [-0.39, 0.29) is 11.0 Å². The van der Waals surface area contributed by atoms with Gasteiger partial charge in [0.05, 0.1) is 18.4 Å². The van der Waals surface area contributed by atoms with Gasteiger partial charge in [0, 0.05) is 32.6 Å². The van der Waals surface area contributed by atoms with Crippen LogP contribution in [0, 0.1) is 0 Å². The molecule has 208 valence electrons. The van der Waals surface area contributed by atoms with Crippen molar-refractivity contribution in [3.63, 3.8) is 0 Å². The van der Waals surface area contributed by atoms with Crippen LogP contribution in [0.3, 0.4) is 0 Å². The Morgan fingerprint density at radius 1 is 1.10 bits per heavy atom. The first kappa shape index (κ1) is 28.7. The largest absolute Gasteiger partial charge is 0.465 e. The number of aliphatic hydroxyl groups is 1. The Morgan fingerprint density at radius 2 is 1.85 bits per heavy atom. The van der Waals surface area contributed by atoms with Crippen LogP contribution in [-0.4, -0.2) is 48.3 Å². The van der Waals surface area contributed by atoms with Crippen LogP contribution >= 0.6 is 0 Å². The van der Waals surface area contributed by atoms with Gasteiger partial charge in [-0.25, -0.2) is 9.78 Å². The first-order valence-electron chi connectivity index (χ1n) is 13.3. The van der Waals surface area contributed by atoms with Crippen molar-refractivity contribution in [3.05, 3.63) is 82.9 Å². The standard InChI is InChI=1S/C30H39N3O5Si/c1-29(2)13-14-30(36,28-31-15-16-33(28)20-38-17-18-39(4,5)6)24-19-21(11-12-23(24)29)26(34)32-25-10-8-7-9-22(25)27(35)37-3/h7-12,15-16,19,36H,13-14,17-18,20H2,1-6H3,(H,32,34). The van der Waals surface area contributed by atoms with Crippen LogP contribution in [0.25, 0.3) is 0 Å². The number of para-hydroxylation sites is 1. The van der Waals surface area contributed by atoms with E-state index in [0.717, 1.165) is 18.0 Å². The summed E-state index contributed by atoms with van der Waals surface area (Å²) in [6, 6.07) is 13.2. The number of esters is 1. The molecule has 8 nitrogen and oxygen atoms in total. The van der Waals surface area contributed by atoms with Crippen molar-refractivity contribution in [1.29, 1.82) is 0 Å². The molecule has 1 aromatic heterocycles. The Morgan fingerprint density at radius 3 is 2.56 bits per heavy atom. The highest BCUT2D eigenvalue weighted by molar-refractivity contribution is 6.76. The van der Waals surface area contributed by atoms with Crippen molar-refractivity contribution in [2.45, 2.75) is 70.1 Å². The third-order valence-corrected chi connectivity index (χ3v) is 9.17. The molecular formula is C30H39N3O5Si. The number of anilines is 1. The molecule has 0 saturated heterocycles. The van der Waals surface area contributed by atoms with Crippen LogP contribution in [0.5, 0.6) is 0 Å². The molecule has 1 aliphatic rings. The van der Waals surface area contributed by atoms with E-state index in [2.05, 4.69) is 43.8 Å². The Balaban J connectivity index is 1.66. The van der Waals surface area contributed by atoms with Gasteiger partial charge in [-0.3, -0.25) is 4.79 Å². The maximum absolute atomic E-state index is 13.4. The van der Waals surface area contributed by atoms with E-state index < -0.39 is 25.6 Å². The highest BCUT2D eigenvalue weighted by atomic mass is 28.3. The number of imidazole rings is 1. The third kappa shape index (κ3) is 6.16. The van der Waals surface area contributed by atoms with Gasteiger partial charge >= 0.3 is 5.97 Å². The second-order valence-electron chi connectivity index (χ2n) is 12.1. The number of amides is 1. The zero-order chi connectivity index (χ0) is 28.4. The van der Waals surface area contributed by atoms with Crippen molar-refractivity contribution in [3.8, 4) is 0 Å². The molecule has 4 rings (SSSR count). The summed E-state index contributed by atoms with van der Waals surface area (Å²) >= 11 is 0. The molecule has 1 amide bonds. The molecule has 1 aliphatic carbocycles. The van der Waals surface area contributed by atoms with Gasteiger partial charge in [0.2, 0.25) is 0 Å². The molecule has 0 aliphatic heterocycles. The van der Waals surface area contributed by atoms with E-state index >= 15 is 0 Å². The van der Waals surface area contributed by atoms with Gasteiger partial charge in [0.25, 0.3) is 5.91 Å². The molecule has 2 aromatic carbocycles. The Kier molecular flexibility index (Phi) is 8.16. The lowest BCUT2D eigenvalue weighted by Crippen LogP contribution is -2.41. The summed E-state index contributed by atoms with van der Waals surface area (Å²) in [5.74, 6) is -0.426. The van der Waals surface area contributed by atoms with E-state index in [1.165, 1.54) is 7.11 Å². The highest BCUT2D eigenvalue weighted by Gasteiger charge is 2.45. The number of methoxy groups -OCH3 is 1. The minimum absolute atomic E-state index is 0.195. The predicted molar refractivity (Wildman–Crippen MR) is 154 cm³/mol. The molecule has 0 bridgehead atoms. The molecule has 1 atom stereocenters. The zero-order valence-corrected chi connectivity index (χ0v) is 24.7. The fraction of sp³-hybridized carbons (Fsp3) is 0.433. The fourth-order valence-electron chi connectivity index (χ4n) is 5.01. The Labute approximate surface area is 231 Å². The van der Waals surface area contributed by atoms with Gasteiger partial charge in [-0.05, 0) is 59.7 Å². The lowest BCUT2D eigenvalue weighted by molar-refractivity contribution is 0.0230. The normalized spacial score (nSPS) is 18.3. The van der Waals surface area contributed by atoms with E-state index in [4.69, 9.17) is 9.47 Å². The number of hydrogen-bond donors (Lipinski definition) is 2. The average molecular weight is 550 g/mol. The summed E-state index contributed by atoms with van der Waals surface area (Å²) in [4.78, 5) is 30.1. The number of fused-ring (bicyclic) bond motifs is 1. The number of aromatic nitrogens is 2. The second kappa shape index (κ2) is 11.1. The zero-order valence-electron chi connectivity index (χ0n) is 23.7. The van der Waals surface area contributed by atoms with Gasteiger partial charge < -0.3 is 24.5 Å². The van der Waals surface area contributed by atoms with Gasteiger partial charge in [-0.15, -0.1) is 0 Å². The molecule has 39 heavy (non-hydrogen) atoms. The van der Waals surface area contributed by atoms with E-state index in [0.29, 0.717) is 42.4 Å². The van der Waals surface area contributed by atoms with Gasteiger partial charge in [0.15, 0.2) is 0 Å². The topological polar surface area (TPSA) is 103 Å². The van der Waals surface area contributed by atoms with Gasteiger partial charge in [-0.1, -0.05) is 51.7 Å². The smallest absolute Gasteiger partial charge is 0.339 e. The van der Waals surface area contributed by atoms with Crippen molar-refractivity contribution < 1.29 is 24.2 Å². The quantitative estimate of drug-likeness (QED) is 0.206. The molecule has 0 saturated carbocycles. The SMILES string of the molecule is COC(=O)c1ccccc1NC(=O)c1ccc2c(c1)C(O)(c1nccn1COCC[Si](C)(C)C)CCC2(C)C. The molecule has 1 heterocycles. The van der Waals surface area contributed by atoms with Crippen LogP contribution in [0.2, 0.25) is 25.7 Å².